The first-order valence-corrected chi connectivity index (χ1v) is 11.7. The molecule has 0 aromatic heterocycles. The van der Waals surface area contributed by atoms with Crippen LogP contribution in [-0.4, -0.2) is 46.0 Å². The average Bonchev–Trinajstić information content (AvgIpc) is 3.37. The van der Waals surface area contributed by atoms with Crippen LogP contribution < -0.4 is 0 Å². The molecule has 7 heteroatoms. The molecule has 1 saturated heterocycles. The maximum absolute atomic E-state index is 13.2. The van der Waals surface area contributed by atoms with Gasteiger partial charge in [0.1, 0.15) is 0 Å². The van der Waals surface area contributed by atoms with Crippen molar-refractivity contribution in [3.8, 4) is 0 Å². The van der Waals surface area contributed by atoms with E-state index in [1.807, 2.05) is 62.3 Å². The van der Waals surface area contributed by atoms with Crippen molar-refractivity contribution in [2.75, 3.05) is 13.1 Å². The van der Waals surface area contributed by atoms with Crippen LogP contribution in [0.1, 0.15) is 57.2 Å². The molecule has 0 spiro atoms. The standard InChI is InChI=1S/C24H29N3O3S/c1-15(2)30-23(29)21-17(4)25-24-27(22(21)19-10-6-5-9-16(19)3)18(14-31-24)13-20(28)26-11-7-8-12-26/h5-6,9-10,14-15,22H,7-8,11-13H2,1-4H3/t22-/m0/s1. The molecule has 0 radical (unpaired) electrons. The van der Waals surface area contributed by atoms with Gasteiger partial charge in [-0.3, -0.25) is 4.79 Å². The van der Waals surface area contributed by atoms with E-state index in [1.54, 1.807) is 0 Å². The number of nitrogens with zero attached hydrogens (tertiary/aromatic N) is 3. The number of thioether (sulfide) groups is 1. The molecule has 1 aromatic rings. The first kappa shape index (κ1) is 21.7. The van der Waals surface area contributed by atoms with Gasteiger partial charge < -0.3 is 14.5 Å². The number of carbonyl (C=O) groups is 2. The zero-order chi connectivity index (χ0) is 22.1. The Kier molecular flexibility index (Phi) is 6.23. The highest BCUT2D eigenvalue weighted by Crippen LogP contribution is 2.45. The van der Waals surface area contributed by atoms with Crippen LogP contribution in [-0.2, 0) is 14.3 Å². The zero-order valence-corrected chi connectivity index (χ0v) is 19.4. The van der Waals surface area contributed by atoms with Crippen LogP contribution in [0.25, 0.3) is 0 Å². The fourth-order valence-corrected chi connectivity index (χ4v) is 5.29. The van der Waals surface area contributed by atoms with Crippen LogP contribution >= 0.6 is 11.8 Å². The Bertz CT molecular complexity index is 990. The maximum Gasteiger partial charge on any atom is 0.338 e. The number of amidine groups is 1. The number of fused-ring (bicyclic) bond motifs is 1. The van der Waals surface area contributed by atoms with Crippen molar-refractivity contribution in [3.63, 3.8) is 0 Å². The summed E-state index contributed by atoms with van der Waals surface area (Å²) < 4.78 is 5.60. The van der Waals surface area contributed by atoms with Gasteiger partial charge in [-0.2, -0.15) is 0 Å². The lowest BCUT2D eigenvalue weighted by Crippen LogP contribution is -2.39. The largest absolute Gasteiger partial charge is 0.459 e. The molecule has 1 atom stereocenters. The molecule has 1 aromatic carbocycles. The number of esters is 1. The normalized spacial score (nSPS) is 20.7. The number of likely N-dealkylation sites (tertiary alicyclic amines) is 1. The second-order valence-electron chi connectivity index (χ2n) is 8.47. The number of benzene rings is 1. The van der Waals surface area contributed by atoms with Crippen molar-refractivity contribution in [2.45, 2.75) is 59.1 Å². The maximum atomic E-state index is 13.2. The summed E-state index contributed by atoms with van der Waals surface area (Å²) in [7, 11) is 0. The lowest BCUT2D eigenvalue weighted by molar-refractivity contribution is -0.143. The molecule has 4 rings (SSSR count). The Morgan fingerprint density at radius 3 is 2.58 bits per heavy atom. The third kappa shape index (κ3) is 4.28. The van der Waals surface area contributed by atoms with E-state index in [-0.39, 0.29) is 24.0 Å². The highest BCUT2D eigenvalue weighted by atomic mass is 32.2. The van der Waals surface area contributed by atoms with E-state index >= 15 is 0 Å². The van der Waals surface area contributed by atoms with Crippen LogP contribution in [0.5, 0.6) is 0 Å². The smallest absolute Gasteiger partial charge is 0.338 e. The van der Waals surface area contributed by atoms with E-state index in [0.29, 0.717) is 17.7 Å². The predicted octanol–water partition coefficient (Wildman–Crippen LogP) is 4.53. The molecule has 6 nitrogen and oxygen atoms in total. The summed E-state index contributed by atoms with van der Waals surface area (Å²) in [5, 5.41) is 2.80. The highest BCUT2D eigenvalue weighted by Gasteiger charge is 2.42. The van der Waals surface area contributed by atoms with Crippen molar-refractivity contribution < 1.29 is 14.3 Å². The van der Waals surface area contributed by atoms with Gasteiger partial charge in [0.15, 0.2) is 5.17 Å². The van der Waals surface area contributed by atoms with Crippen molar-refractivity contribution in [1.29, 1.82) is 0 Å². The molecule has 0 bridgehead atoms. The SMILES string of the molecule is CC1=C(C(=O)OC(C)C)[C@H](c2ccccc2C)N2C(CC(=O)N3CCCC3)=CSC2=N1. The van der Waals surface area contributed by atoms with Gasteiger partial charge in [-0.05, 0) is 57.1 Å². The van der Waals surface area contributed by atoms with Crippen molar-refractivity contribution >= 4 is 28.8 Å². The lowest BCUT2D eigenvalue weighted by Gasteiger charge is -2.37. The molecule has 3 aliphatic rings. The Hall–Kier alpha value is -2.54. The Morgan fingerprint density at radius 1 is 1.19 bits per heavy atom. The quantitative estimate of drug-likeness (QED) is 0.631. The molecule has 0 unspecified atom stereocenters. The van der Waals surface area contributed by atoms with E-state index in [0.717, 1.165) is 47.9 Å². The monoisotopic (exact) mass is 439 g/mol. The molecule has 3 heterocycles. The molecule has 3 aliphatic heterocycles. The van der Waals surface area contributed by atoms with Gasteiger partial charge in [0.2, 0.25) is 5.91 Å². The minimum atomic E-state index is -0.368. The summed E-state index contributed by atoms with van der Waals surface area (Å²) in [6.45, 7) is 9.25. The predicted molar refractivity (Wildman–Crippen MR) is 123 cm³/mol. The molecule has 1 amide bonds. The van der Waals surface area contributed by atoms with Gasteiger partial charge in [-0.15, -0.1) is 0 Å². The zero-order valence-electron chi connectivity index (χ0n) is 18.6. The van der Waals surface area contributed by atoms with Gasteiger partial charge in [-0.25, -0.2) is 9.79 Å². The summed E-state index contributed by atoms with van der Waals surface area (Å²) in [6.07, 6.45) is 2.21. The summed E-state index contributed by atoms with van der Waals surface area (Å²) in [6, 6.07) is 7.69. The van der Waals surface area contributed by atoms with Crippen LogP contribution in [0.2, 0.25) is 0 Å². The first-order valence-electron chi connectivity index (χ1n) is 10.9. The highest BCUT2D eigenvalue weighted by molar-refractivity contribution is 8.16. The van der Waals surface area contributed by atoms with Gasteiger partial charge in [0.25, 0.3) is 0 Å². The van der Waals surface area contributed by atoms with Crippen LogP contribution in [0.4, 0.5) is 0 Å². The van der Waals surface area contributed by atoms with Gasteiger partial charge in [0, 0.05) is 18.8 Å². The Labute approximate surface area is 188 Å². The average molecular weight is 440 g/mol. The fourth-order valence-electron chi connectivity index (χ4n) is 4.33. The Morgan fingerprint density at radius 2 is 1.90 bits per heavy atom. The molecule has 31 heavy (non-hydrogen) atoms. The van der Waals surface area contributed by atoms with E-state index in [9.17, 15) is 9.59 Å². The summed E-state index contributed by atoms with van der Waals surface area (Å²) >= 11 is 1.51. The van der Waals surface area contributed by atoms with Crippen molar-refractivity contribution in [2.24, 2.45) is 4.99 Å². The topological polar surface area (TPSA) is 62.2 Å². The number of aryl methyl sites for hydroxylation is 1. The van der Waals surface area contributed by atoms with E-state index in [1.165, 1.54) is 11.8 Å². The van der Waals surface area contributed by atoms with E-state index < -0.39 is 0 Å². The fraction of sp³-hybridized carbons (Fsp3) is 0.458. The number of allylic oxidation sites excluding steroid dienone is 1. The number of rotatable bonds is 5. The number of hydrogen-bond acceptors (Lipinski definition) is 6. The van der Waals surface area contributed by atoms with Crippen molar-refractivity contribution in [1.82, 2.24) is 9.80 Å². The van der Waals surface area contributed by atoms with Gasteiger partial charge in [-0.1, -0.05) is 36.0 Å². The number of hydrogen-bond donors (Lipinski definition) is 0. The van der Waals surface area contributed by atoms with Crippen LogP contribution in [0, 0.1) is 6.92 Å². The van der Waals surface area contributed by atoms with Crippen LogP contribution in [0.15, 0.2) is 51.6 Å². The molecule has 0 aliphatic carbocycles. The number of aliphatic imine (C=N–C) groups is 1. The Balaban J connectivity index is 1.73. The van der Waals surface area contributed by atoms with E-state index in [2.05, 4.69) is 4.90 Å². The second-order valence-corrected chi connectivity index (χ2v) is 9.30. The minimum absolute atomic E-state index is 0.131. The third-order valence-electron chi connectivity index (χ3n) is 5.84. The molecule has 1 fully saturated rings. The third-order valence-corrected chi connectivity index (χ3v) is 6.73. The van der Waals surface area contributed by atoms with Gasteiger partial charge >= 0.3 is 5.97 Å². The van der Waals surface area contributed by atoms with E-state index in [4.69, 9.17) is 9.73 Å². The molecule has 0 saturated carbocycles. The second kappa shape index (κ2) is 8.91. The number of amides is 1. The van der Waals surface area contributed by atoms with Gasteiger partial charge in [0.05, 0.1) is 29.8 Å². The number of ether oxygens (including phenoxy) is 1. The minimum Gasteiger partial charge on any atom is -0.459 e. The molecular formula is C24H29N3O3S. The molecule has 164 valence electrons. The summed E-state index contributed by atoms with van der Waals surface area (Å²) in [5.74, 6) is -0.225. The summed E-state index contributed by atoms with van der Waals surface area (Å²) in [4.78, 5) is 34.8. The molecular weight excluding hydrogens is 410 g/mol. The van der Waals surface area contributed by atoms with Crippen molar-refractivity contribution in [3.05, 3.63) is 57.8 Å². The lowest BCUT2D eigenvalue weighted by atomic mass is 9.91. The summed E-state index contributed by atoms with van der Waals surface area (Å²) in [5.41, 5.74) is 4.19. The first-order chi connectivity index (χ1) is 14.9. The van der Waals surface area contributed by atoms with Crippen LogP contribution in [0.3, 0.4) is 0 Å². The molecule has 0 N–H and O–H groups in total. The number of carbonyl (C=O) groups excluding carboxylic acids is 2.